The number of nitrogens with one attached hydrogen (secondary N) is 1. The van der Waals surface area contributed by atoms with Crippen molar-refractivity contribution < 1.29 is 4.79 Å². The summed E-state index contributed by atoms with van der Waals surface area (Å²) < 4.78 is 1.20. The standard InChI is InChI=1S/C21H25N3OS2/c1-14-23-12-16(26-14)13-24-10-6-5-7-15(24)11-18-17-8-3-4-9-19(17)27-20(18)21(25)22-2/h3-4,8-9,12,15H,5-7,10-11,13H2,1-2H3,(H,22,25)/t15-/m1/s1. The molecule has 3 aromatic rings. The van der Waals surface area contributed by atoms with Gasteiger partial charge in [0.1, 0.15) is 0 Å². The van der Waals surface area contributed by atoms with Gasteiger partial charge in [-0.25, -0.2) is 4.98 Å². The molecule has 3 heterocycles. The van der Waals surface area contributed by atoms with Crippen LogP contribution in [0.15, 0.2) is 30.5 Å². The number of fused-ring (bicyclic) bond motifs is 1. The number of amides is 1. The Morgan fingerprint density at radius 2 is 2.15 bits per heavy atom. The van der Waals surface area contributed by atoms with Crippen LogP contribution in [0.1, 0.15) is 44.4 Å². The van der Waals surface area contributed by atoms with E-state index in [1.165, 1.54) is 39.8 Å². The van der Waals surface area contributed by atoms with E-state index in [9.17, 15) is 4.79 Å². The van der Waals surface area contributed by atoms with Crippen molar-refractivity contribution in [3.05, 3.63) is 50.8 Å². The van der Waals surface area contributed by atoms with Gasteiger partial charge in [-0.2, -0.15) is 0 Å². The third kappa shape index (κ3) is 3.93. The van der Waals surface area contributed by atoms with Gasteiger partial charge in [0.2, 0.25) is 0 Å². The van der Waals surface area contributed by atoms with E-state index >= 15 is 0 Å². The Morgan fingerprint density at radius 3 is 2.93 bits per heavy atom. The topological polar surface area (TPSA) is 45.2 Å². The van der Waals surface area contributed by atoms with Gasteiger partial charge in [0.25, 0.3) is 5.91 Å². The predicted molar refractivity (Wildman–Crippen MR) is 114 cm³/mol. The van der Waals surface area contributed by atoms with Crippen LogP contribution < -0.4 is 5.32 Å². The maximum atomic E-state index is 12.5. The molecule has 1 aromatic carbocycles. The zero-order valence-electron chi connectivity index (χ0n) is 15.8. The van der Waals surface area contributed by atoms with E-state index in [4.69, 9.17) is 0 Å². The monoisotopic (exact) mass is 399 g/mol. The molecule has 1 aliphatic rings. The molecule has 6 heteroatoms. The van der Waals surface area contributed by atoms with E-state index in [0.29, 0.717) is 6.04 Å². The molecule has 1 atom stereocenters. The average molecular weight is 400 g/mol. The normalized spacial score (nSPS) is 18.1. The lowest BCUT2D eigenvalue weighted by molar-refractivity contribution is 0.0964. The number of piperidine rings is 1. The Kier molecular flexibility index (Phi) is 5.57. The first-order chi connectivity index (χ1) is 13.2. The second kappa shape index (κ2) is 8.09. The number of hydrogen-bond acceptors (Lipinski definition) is 5. The summed E-state index contributed by atoms with van der Waals surface area (Å²) in [6.07, 6.45) is 6.66. The first-order valence-electron chi connectivity index (χ1n) is 9.53. The highest BCUT2D eigenvalue weighted by atomic mass is 32.1. The van der Waals surface area contributed by atoms with Crippen molar-refractivity contribution in [1.82, 2.24) is 15.2 Å². The molecule has 1 N–H and O–H groups in total. The largest absolute Gasteiger partial charge is 0.354 e. The molecule has 2 aromatic heterocycles. The van der Waals surface area contributed by atoms with Gasteiger partial charge in [-0.3, -0.25) is 9.69 Å². The van der Waals surface area contributed by atoms with Crippen molar-refractivity contribution in [3.8, 4) is 0 Å². The molecule has 0 radical (unpaired) electrons. The van der Waals surface area contributed by atoms with Crippen LogP contribution in [0, 0.1) is 6.92 Å². The summed E-state index contributed by atoms with van der Waals surface area (Å²) in [4.78, 5) is 21.7. The van der Waals surface area contributed by atoms with Gasteiger partial charge in [0.05, 0.1) is 9.88 Å². The van der Waals surface area contributed by atoms with Crippen LogP contribution in [0.3, 0.4) is 0 Å². The minimum Gasteiger partial charge on any atom is -0.354 e. The average Bonchev–Trinajstić information content (AvgIpc) is 3.26. The second-order valence-corrected chi connectivity index (χ2v) is 9.53. The zero-order valence-corrected chi connectivity index (χ0v) is 17.5. The van der Waals surface area contributed by atoms with E-state index in [2.05, 4.69) is 46.4 Å². The van der Waals surface area contributed by atoms with Crippen molar-refractivity contribution in [3.63, 3.8) is 0 Å². The van der Waals surface area contributed by atoms with Crippen molar-refractivity contribution in [2.75, 3.05) is 13.6 Å². The lowest BCUT2D eigenvalue weighted by atomic mass is 9.94. The number of rotatable bonds is 5. The highest BCUT2D eigenvalue weighted by molar-refractivity contribution is 7.21. The summed E-state index contributed by atoms with van der Waals surface area (Å²) in [5, 5.41) is 5.19. The molecule has 27 heavy (non-hydrogen) atoms. The zero-order chi connectivity index (χ0) is 18.8. The molecule has 1 amide bonds. The Bertz CT molecular complexity index is 946. The highest BCUT2D eigenvalue weighted by Crippen LogP contribution is 2.34. The Labute approximate surface area is 168 Å². The molecule has 1 saturated heterocycles. The van der Waals surface area contributed by atoms with Gasteiger partial charge in [0, 0.05) is 35.4 Å². The summed E-state index contributed by atoms with van der Waals surface area (Å²) in [6.45, 7) is 4.15. The molecule has 0 bridgehead atoms. The van der Waals surface area contributed by atoms with Crippen LogP contribution in [-0.4, -0.2) is 35.4 Å². The third-order valence-corrected chi connectivity index (χ3v) is 7.46. The summed E-state index contributed by atoms with van der Waals surface area (Å²) >= 11 is 3.41. The van der Waals surface area contributed by atoms with Crippen LogP contribution in [0.5, 0.6) is 0 Å². The number of hydrogen-bond donors (Lipinski definition) is 1. The Morgan fingerprint density at radius 1 is 1.30 bits per heavy atom. The lowest BCUT2D eigenvalue weighted by Crippen LogP contribution is -2.40. The lowest BCUT2D eigenvalue weighted by Gasteiger charge is -2.35. The molecule has 0 aliphatic carbocycles. The number of benzene rings is 1. The van der Waals surface area contributed by atoms with Gasteiger partial charge >= 0.3 is 0 Å². The van der Waals surface area contributed by atoms with Gasteiger partial charge in [-0.1, -0.05) is 24.6 Å². The number of aromatic nitrogens is 1. The molecule has 1 fully saturated rings. The van der Waals surface area contributed by atoms with E-state index in [1.807, 2.05) is 6.20 Å². The molecular formula is C21H25N3OS2. The fraction of sp³-hybridized carbons (Fsp3) is 0.429. The molecule has 1 aliphatic heterocycles. The van der Waals surface area contributed by atoms with Gasteiger partial charge in [-0.05, 0) is 49.7 Å². The summed E-state index contributed by atoms with van der Waals surface area (Å²) in [7, 11) is 1.72. The fourth-order valence-electron chi connectivity index (χ4n) is 4.01. The number of nitrogens with zero attached hydrogens (tertiary/aromatic N) is 2. The minimum atomic E-state index is 0.0339. The molecule has 4 nitrogen and oxygen atoms in total. The number of thiazole rings is 1. The second-order valence-electron chi connectivity index (χ2n) is 7.15. The van der Waals surface area contributed by atoms with Crippen molar-refractivity contribution in [1.29, 1.82) is 0 Å². The first kappa shape index (κ1) is 18.6. The van der Waals surface area contributed by atoms with E-state index < -0.39 is 0 Å². The number of aryl methyl sites for hydroxylation is 1. The van der Waals surface area contributed by atoms with Gasteiger partial charge < -0.3 is 5.32 Å². The van der Waals surface area contributed by atoms with Crippen LogP contribution in [0.2, 0.25) is 0 Å². The Hall–Kier alpha value is -1.76. The highest BCUT2D eigenvalue weighted by Gasteiger charge is 2.27. The van der Waals surface area contributed by atoms with Gasteiger partial charge in [-0.15, -0.1) is 22.7 Å². The summed E-state index contributed by atoms with van der Waals surface area (Å²) in [5.41, 5.74) is 1.22. The van der Waals surface area contributed by atoms with Crippen molar-refractivity contribution >= 4 is 38.7 Å². The number of likely N-dealkylation sites (tertiary alicyclic amines) is 1. The van der Waals surface area contributed by atoms with E-state index in [1.54, 1.807) is 29.7 Å². The number of thiophene rings is 1. The Balaban J connectivity index is 1.63. The SMILES string of the molecule is CNC(=O)c1sc2ccccc2c1C[C@H]1CCCCN1Cc1cnc(C)s1. The van der Waals surface area contributed by atoms with Crippen LogP contribution >= 0.6 is 22.7 Å². The van der Waals surface area contributed by atoms with E-state index in [0.717, 1.165) is 29.4 Å². The summed E-state index contributed by atoms with van der Waals surface area (Å²) in [5.74, 6) is 0.0339. The summed E-state index contributed by atoms with van der Waals surface area (Å²) in [6, 6.07) is 8.88. The van der Waals surface area contributed by atoms with Gasteiger partial charge in [0.15, 0.2) is 0 Å². The predicted octanol–water partition coefficient (Wildman–Crippen LogP) is 4.62. The maximum absolute atomic E-state index is 12.5. The molecule has 142 valence electrons. The van der Waals surface area contributed by atoms with Crippen molar-refractivity contribution in [2.24, 2.45) is 0 Å². The first-order valence-corrected chi connectivity index (χ1v) is 11.2. The fourth-order valence-corrected chi connectivity index (χ4v) is 6.01. The number of carbonyl (C=O) groups excluding carboxylic acids is 1. The minimum absolute atomic E-state index is 0.0339. The van der Waals surface area contributed by atoms with E-state index in [-0.39, 0.29) is 5.91 Å². The van der Waals surface area contributed by atoms with Crippen LogP contribution in [0.4, 0.5) is 0 Å². The smallest absolute Gasteiger partial charge is 0.261 e. The molecule has 0 saturated carbocycles. The quantitative estimate of drug-likeness (QED) is 0.681. The van der Waals surface area contributed by atoms with Crippen LogP contribution in [0.25, 0.3) is 10.1 Å². The molecule has 0 spiro atoms. The molecular weight excluding hydrogens is 374 g/mol. The van der Waals surface area contributed by atoms with Crippen LogP contribution in [-0.2, 0) is 13.0 Å². The number of carbonyl (C=O) groups is 1. The van der Waals surface area contributed by atoms with Crippen molar-refractivity contribution in [2.45, 2.75) is 45.2 Å². The maximum Gasteiger partial charge on any atom is 0.261 e. The molecule has 0 unspecified atom stereocenters. The molecule has 4 rings (SSSR count). The third-order valence-electron chi connectivity index (χ3n) is 5.35.